The van der Waals surface area contributed by atoms with Gasteiger partial charge in [0, 0.05) is 19.0 Å². The highest BCUT2D eigenvalue weighted by molar-refractivity contribution is 5.48. The third-order valence-corrected chi connectivity index (χ3v) is 4.60. The molecule has 24 heavy (non-hydrogen) atoms. The Morgan fingerprint density at radius 1 is 1.29 bits per heavy atom. The lowest BCUT2D eigenvalue weighted by Crippen LogP contribution is -2.34. The number of aromatic nitrogens is 3. The lowest BCUT2D eigenvalue weighted by atomic mass is 9.96. The lowest BCUT2D eigenvalue weighted by molar-refractivity contribution is 0.227. The molecule has 2 aromatic rings. The van der Waals surface area contributed by atoms with Crippen LogP contribution in [0.3, 0.4) is 0 Å². The molecule has 0 amide bonds. The van der Waals surface area contributed by atoms with Gasteiger partial charge in [0.2, 0.25) is 0 Å². The number of rotatable bonds is 5. The largest absolute Gasteiger partial charge is 0.343 e. The van der Waals surface area contributed by atoms with Gasteiger partial charge in [-0.25, -0.2) is 14.3 Å². The van der Waals surface area contributed by atoms with Crippen molar-refractivity contribution in [2.45, 2.75) is 32.2 Å². The molecular formula is C18H23FN4O. The van der Waals surface area contributed by atoms with E-state index in [-0.39, 0.29) is 11.5 Å². The van der Waals surface area contributed by atoms with Crippen molar-refractivity contribution in [2.24, 2.45) is 0 Å². The van der Waals surface area contributed by atoms with Crippen LogP contribution in [0.5, 0.6) is 0 Å². The van der Waals surface area contributed by atoms with E-state index in [0.717, 1.165) is 43.9 Å². The zero-order valence-electron chi connectivity index (χ0n) is 13.9. The summed E-state index contributed by atoms with van der Waals surface area (Å²) in [5, 5.41) is 6.77. The second-order valence-electron chi connectivity index (χ2n) is 6.16. The van der Waals surface area contributed by atoms with Gasteiger partial charge in [0.1, 0.15) is 11.6 Å². The van der Waals surface area contributed by atoms with Crippen molar-refractivity contribution in [3.63, 3.8) is 0 Å². The Morgan fingerprint density at radius 2 is 2.00 bits per heavy atom. The molecule has 1 fully saturated rings. The number of nitrogens with one attached hydrogen (secondary N) is 1. The normalized spacial score (nSPS) is 16.9. The summed E-state index contributed by atoms with van der Waals surface area (Å²) in [4.78, 5) is 14.1. The molecule has 128 valence electrons. The van der Waals surface area contributed by atoms with Crippen LogP contribution in [-0.4, -0.2) is 39.3 Å². The van der Waals surface area contributed by atoms with Gasteiger partial charge in [-0.3, -0.25) is 9.47 Å². The highest BCUT2D eigenvalue weighted by Gasteiger charge is 2.24. The van der Waals surface area contributed by atoms with Gasteiger partial charge in [-0.05, 0) is 50.6 Å². The molecule has 0 bridgehead atoms. The van der Waals surface area contributed by atoms with Crippen LogP contribution in [0.2, 0.25) is 0 Å². The Balaban J connectivity index is 1.52. The van der Waals surface area contributed by atoms with Crippen molar-refractivity contribution in [1.29, 1.82) is 0 Å². The number of halogens is 1. The van der Waals surface area contributed by atoms with E-state index in [9.17, 15) is 9.18 Å². The van der Waals surface area contributed by atoms with E-state index < -0.39 is 0 Å². The Kier molecular flexibility index (Phi) is 5.25. The number of nitrogens with zero attached hydrogens (tertiary/aromatic N) is 3. The molecule has 5 nitrogen and oxygen atoms in total. The molecule has 0 unspecified atom stereocenters. The minimum absolute atomic E-state index is 0.114. The molecule has 1 aromatic carbocycles. The van der Waals surface area contributed by atoms with Crippen LogP contribution in [0.25, 0.3) is 6.08 Å². The van der Waals surface area contributed by atoms with Crippen LogP contribution in [-0.2, 0) is 6.54 Å². The molecule has 0 atom stereocenters. The summed E-state index contributed by atoms with van der Waals surface area (Å²) < 4.78 is 14.6. The molecule has 3 rings (SSSR count). The van der Waals surface area contributed by atoms with E-state index in [2.05, 4.69) is 21.2 Å². The molecule has 1 aliphatic heterocycles. The van der Waals surface area contributed by atoms with Gasteiger partial charge in [-0.2, -0.15) is 5.10 Å². The highest BCUT2D eigenvalue weighted by Crippen LogP contribution is 2.25. The maximum absolute atomic E-state index is 12.9. The van der Waals surface area contributed by atoms with Gasteiger partial charge < -0.3 is 0 Å². The van der Waals surface area contributed by atoms with Crippen molar-refractivity contribution < 1.29 is 4.39 Å². The van der Waals surface area contributed by atoms with Gasteiger partial charge in [-0.1, -0.05) is 24.3 Å². The van der Waals surface area contributed by atoms with Crippen LogP contribution >= 0.6 is 0 Å². The summed E-state index contributed by atoms with van der Waals surface area (Å²) >= 11 is 0. The van der Waals surface area contributed by atoms with Crippen LogP contribution in [0.4, 0.5) is 4.39 Å². The number of hydrogen-bond donors (Lipinski definition) is 1. The van der Waals surface area contributed by atoms with Gasteiger partial charge >= 0.3 is 5.69 Å². The number of piperidine rings is 1. The maximum Gasteiger partial charge on any atom is 0.343 e. The van der Waals surface area contributed by atoms with E-state index in [1.54, 1.807) is 16.7 Å². The summed E-state index contributed by atoms with van der Waals surface area (Å²) in [6.07, 6.45) is 6.15. The molecule has 0 radical (unpaired) electrons. The number of likely N-dealkylation sites (tertiary alicyclic amines) is 1. The topological polar surface area (TPSA) is 53.9 Å². The Bertz CT molecular complexity index is 739. The predicted octanol–water partition coefficient (Wildman–Crippen LogP) is 2.62. The molecule has 2 heterocycles. The summed E-state index contributed by atoms with van der Waals surface area (Å²) in [6.45, 7) is 5.48. The van der Waals surface area contributed by atoms with Crippen molar-refractivity contribution >= 4 is 6.08 Å². The van der Waals surface area contributed by atoms with Gasteiger partial charge in [0.05, 0.1) is 0 Å². The van der Waals surface area contributed by atoms with Crippen molar-refractivity contribution in [3.8, 4) is 0 Å². The van der Waals surface area contributed by atoms with Gasteiger partial charge in [0.25, 0.3) is 0 Å². The van der Waals surface area contributed by atoms with Crippen LogP contribution in [0.1, 0.15) is 37.1 Å². The Hall–Kier alpha value is -2.21. The average molecular weight is 330 g/mol. The van der Waals surface area contributed by atoms with Crippen molar-refractivity contribution in [2.75, 3.05) is 19.6 Å². The van der Waals surface area contributed by atoms with E-state index in [4.69, 9.17) is 0 Å². The first-order chi connectivity index (χ1) is 11.7. The number of aromatic amines is 1. The lowest BCUT2D eigenvalue weighted by Gasteiger charge is -2.30. The minimum atomic E-state index is -0.210. The van der Waals surface area contributed by atoms with Crippen LogP contribution in [0, 0.1) is 5.82 Å². The van der Waals surface area contributed by atoms with E-state index >= 15 is 0 Å². The first kappa shape index (κ1) is 16.6. The van der Waals surface area contributed by atoms with E-state index in [1.807, 2.05) is 13.0 Å². The molecule has 0 spiro atoms. The van der Waals surface area contributed by atoms with Crippen LogP contribution < -0.4 is 5.69 Å². The molecule has 6 heteroatoms. The molecule has 1 saturated heterocycles. The first-order valence-corrected chi connectivity index (χ1v) is 8.47. The fraction of sp³-hybridized carbons (Fsp3) is 0.444. The predicted molar refractivity (Wildman–Crippen MR) is 92.4 cm³/mol. The van der Waals surface area contributed by atoms with Crippen molar-refractivity contribution in [1.82, 2.24) is 19.7 Å². The number of hydrogen-bond acceptors (Lipinski definition) is 3. The third-order valence-electron chi connectivity index (χ3n) is 4.60. The summed E-state index contributed by atoms with van der Waals surface area (Å²) in [6, 6.07) is 6.50. The SMILES string of the molecule is CCn1c(C2CCN(C/C=C/c3ccc(F)cc3)CC2)n[nH]c1=O. The second-order valence-corrected chi connectivity index (χ2v) is 6.16. The van der Waals surface area contributed by atoms with E-state index in [1.165, 1.54) is 12.1 Å². The number of benzene rings is 1. The summed E-state index contributed by atoms with van der Waals surface area (Å²) in [5.74, 6) is 1.03. The molecule has 1 aliphatic rings. The summed E-state index contributed by atoms with van der Waals surface area (Å²) in [5.41, 5.74) is 0.895. The highest BCUT2D eigenvalue weighted by atomic mass is 19.1. The smallest absolute Gasteiger partial charge is 0.300 e. The zero-order chi connectivity index (χ0) is 16.9. The molecule has 1 aromatic heterocycles. The standard InChI is InChI=1S/C18H23FN4O/c1-2-23-17(20-21-18(23)24)15-9-12-22(13-10-15)11-3-4-14-5-7-16(19)8-6-14/h3-8,15H,2,9-13H2,1H3,(H,21,24)/b4-3+. The maximum atomic E-state index is 12.9. The van der Waals surface area contributed by atoms with Gasteiger partial charge in [0.15, 0.2) is 0 Å². The minimum Gasteiger partial charge on any atom is -0.300 e. The quantitative estimate of drug-likeness (QED) is 0.917. The molecule has 0 saturated carbocycles. The second kappa shape index (κ2) is 7.57. The fourth-order valence-electron chi connectivity index (χ4n) is 3.23. The zero-order valence-corrected chi connectivity index (χ0v) is 13.9. The first-order valence-electron chi connectivity index (χ1n) is 8.47. The fourth-order valence-corrected chi connectivity index (χ4v) is 3.23. The Labute approximate surface area is 140 Å². The van der Waals surface area contributed by atoms with Gasteiger partial charge in [-0.15, -0.1) is 0 Å². The molecular weight excluding hydrogens is 307 g/mol. The average Bonchev–Trinajstić information content (AvgIpc) is 2.98. The Morgan fingerprint density at radius 3 is 2.67 bits per heavy atom. The third kappa shape index (κ3) is 3.82. The van der Waals surface area contributed by atoms with Crippen molar-refractivity contribution in [3.05, 3.63) is 58.0 Å². The number of H-pyrrole nitrogens is 1. The monoisotopic (exact) mass is 330 g/mol. The summed E-state index contributed by atoms with van der Waals surface area (Å²) in [7, 11) is 0. The molecule has 0 aliphatic carbocycles. The van der Waals surface area contributed by atoms with Crippen LogP contribution in [0.15, 0.2) is 35.1 Å². The van der Waals surface area contributed by atoms with E-state index in [0.29, 0.717) is 12.5 Å². The molecule has 1 N–H and O–H groups in total.